The van der Waals surface area contributed by atoms with E-state index in [9.17, 15) is 18.8 Å². The number of halogens is 2. The van der Waals surface area contributed by atoms with Crippen LogP contribution in [0.2, 0.25) is 5.02 Å². The van der Waals surface area contributed by atoms with Crippen LogP contribution < -0.4 is 20.1 Å². The molecular formula is C28H32ClFN6O5. The van der Waals surface area contributed by atoms with Crippen LogP contribution in [-0.4, -0.2) is 70.0 Å². The van der Waals surface area contributed by atoms with Crippen molar-refractivity contribution >= 4 is 29.3 Å². The molecule has 3 aromatic rings. The molecule has 11 nitrogen and oxygen atoms in total. The molecule has 0 saturated carbocycles. The number of aromatic nitrogens is 3. The van der Waals surface area contributed by atoms with Crippen LogP contribution in [0.1, 0.15) is 41.4 Å². The maximum atomic E-state index is 13.5. The smallest absolute Gasteiger partial charge is 0.260 e. The molecule has 0 spiro atoms. The van der Waals surface area contributed by atoms with Crippen molar-refractivity contribution in [3.05, 3.63) is 70.3 Å². The van der Waals surface area contributed by atoms with Gasteiger partial charge < -0.3 is 25.0 Å². The molecule has 3 amide bonds. The van der Waals surface area contributed by atoms with Gasteiger partial charge in [-0.1, -0.05) is 22.9 Å². The number of rotatable bonds is 3. The highest BCUT2D eigenvalue weighted by molar-refractivity contribution is 6.30. The average molecular weight is 587 g/mol. The molecule has 2 heterocycles. The second-order valence-electron chi connectivity index (χ2n) is 9.69. The van der Waals surface area contributed by atoms with E-state index in [1.54, 1.807) is 34.8 Å². The van der Waals surface area contributed by atoms with E-state index in [0.29, 0.717) is 49.5 Å². The minimum Gasteiger partial charge on any atom is -0.493 e. The van der Waals surface area contributed by atoms with Gasteiger partial charge in [-0.3, -0.25) is 19.1 Å². The average Bonchev–Trinajstić information content (AvgIpc) is 3.39. The van der Waals surface area contributed by atoms with E-state index in [1.165, 1.54) is 12.1 Å². The summed E-state index contributed by atoms with van der Waals surface area (Å²) in [4.78, 5) is 40.2. The highest BCUT2D eigenvalue weighted by Crippen LogP contribution is 2.22. The van der Waals surface area contributed by atoms with Crippen molar-refractivity contribution < 1.29 is 28.2 Å². The van der Waals surface area contributed by atoms with Gasteiger partial charge in [-0.2, -0.15) is 0 Å². The van der Waals surface area contributed by atoms with Crippen molar-refractivity contribution in [2.24, 2.45) is 0 Å². The van der Waals surface area contributed by atoms with Crippen LogP contribution in [0.5, 0.6) is 11.5 Å². The highest BCUT2D eigenvalue weighted by Gasteiger charge is 2.21. The molecule has 2 N–H and O–H groups in total. The van der Waals surface area contributed by atoms with Crippen molar-refractivity contribution in [3.8, 4) is 11.5 Å². The summed E-state index contributed by atoms with van der Waals surface area (Å²) in [6, 6.07) is 8.34. The molecule has 1 atom stereocenters. The maximum absolute atomic E-state index is 13.5. The molecule has 2 bridgehead atoms. The number of benzene rings is 2. The Labute approximate surface area is 241 Å². The molecule has 0 saturated heterocycles. The SMILES string of the molecule is Cc1ccc2c(c1)OCCCn1cc(nn1)CN(C(=O)COc1ccc(F)c(Cl)c1)CCCNC(=O)[C@@H](C)NC2=O. The van der Waals surface area contributed by atoms with Gasteiger partial charge in [0.25, 0.3) is 11.8 Å². The molecule has 2 aromatic carbocycles. The van der Waals surface area contributed by atoms with E-state index in [4.69, 9.17) is 21.1 Å². The van der Waals surface area contributed by atoms with Gasteiger partial charge in [0, 0.05) is 32.1 Å². The number of nitrogens with one attached hydrogen (secondary N) is 2. The fourth-order valence-corrected chi connectivity index (χ4v) is 4.30. The van der Waals surface area contributed by atoms with E-state index in [0.717, 1.165) is 11.6 Å². The Morgan fingerprint density at radius 3 is 2.83 bits per heavy atom. The predicted octanol–water partition coefficient (Wildman–Crippen LogP) is 2.89. The number of amides is 3. The van der Waals surface area contributed by atoms with E-state index < -0.39 is 17.8 Å². The number of nitrogens with zero attached hydrogens (tertiary/aromatic N) is 4. The highest BCUT2D eigenvalue weighted by atomic mass is 35.5. The normalized spacial score (nSPS) is 17.2. The summed E-state index contributed by atoms with van der Waals surface area (Å²) in [5.74, 6) is -0.996. The monoisotopic (exact) mass is 586 g/mol. The first-order chi connectivity index (χ1) is 19.7. The summed E-state index contributed by atoms with van der Waals surface area (Å²) in [6.07, 6.45) is 2.78. The summed E-state index contributed by atoms with van der Waals surface area (Å²) in [6.45, 7) is 4.77. The van der Waals surface area contributed by atoms with Crippen molar-refractivity contribution in [2.75, 3.05) is 26.3 Å². The molecule has 1 aliphatic heterocycles. The molecule has 0 aliphatic carbocycles. The predicted molar refractivity (Wildman–Crippen MR) is 148 cm³/mol. The van der Waals surface area contributed by atoms with Crippen LogP contribution in [-0.2, 0) is 22.7 Å². The molecule has 0 fully saturated rings. The lowest BCUT2D eigenvalue weighted by Gasteiger charge is -2.22. The Kier molecular flexibility index (Phi) is 10.1. The van der Waals surface area contributed by atoms with Crippen molar-refractivity contribution in [2.45, 2.75) is 45.8 Å². The van der Waals surface area contributed by atoms with Gasteiger partial charge in [0.05, 0.1) is 29.9 Å². The fourth-order valence-electron chi connectivity index (χ4n) is 4.13. The van der Waals surface area contributed by atoms with Crippen LogP contribution in [0, 0.1) is 12.7 Å². The minimum absolute atomic E-state index is 0.107. The molecule has 41 heavy (non-hydrogen) atoms. The number of aryl methyl sites for hydroxylation is 2. The fraction of sp³-hybridized carbons (Fsp3) is 0.393. The number of ether oxygens (including phenoxy) is 2. The first-order valence-corrected chi connectivity index (χ1v) is 13.6. The number of carbonyl (C=O) groups excluding carboxylic acids is 3. The van der Waals surface area contributed by atoms with Crippen LogP contribution in [0.4, 0.5) is 4.39 Å². The topological polar surface area (TPSA) is 128 Å². The van der Waals surface area contributed by atoms with Gasteiger partial charge >= 0.3 is 0 Å². The molecule has 4 rings (SSSR count). The zero-order chi connectivity index (χ0) is 29.4. The Morgan fingerprint density at radius 1 is 1.20 bits per heavy atom. The summed E-state index contributed by atoms with van der Waals surface area (Å²) < 4.78 is 26.6. The third-order valence-electron chi connectivity index (χ3n) is 6.36. The Bertz CT molecular complexity index is 1400. The summed E-state index contributed by atoms with van der Waals surface area (Å²) in [7, 11) is 0. The van der Waals surface area contributed by atoms with Gasteiger partial charge in [0.2, 0.25) is 5.91 Å². The van der Waals surface area contributed by atoms with Crippen molar-refractivity contribution in [1.29, 1.82) is 0 Å². The molecular weight excluding hydrogens is 555 g/mol. The lowest BCUT2D eigenvalue weighted by atomic mass is 10.1. The Hall–Kier alpha value is -4.19. The Balaban J connectivity index is 1.46. The van der Waals surface area contributed by atoms with E-state index in [1.807, 2.05) is 13.0 Å². The number of carbonyl (C=O) groups is 3. The van der Waals surface area contributed by atoms with E-state index >= 15 is 0 Å². The molecule has 218 valence electrons. The van der Waals surface area contributed by atoms with E-state index in [-0.39, 0.29) is 42.3 Å². The molecule has 1 aromatic heterocycles. The van der Waals surface area contributed by atoms with Gasteiger partial charge in [-0.15, -0.1) is 5.10 Å². The van der Waals surface area contributed by atoms with E-state index in [2.05, 4.69) is 20.9 Å². The standard InChI is InChI=1S/C28H32ClFN6O5/c1-18-5-7-22-25(13-18)40-12-4-11-36-16-20(33-34-36)15-35(10-3-9-31-27(38)19(2)32-28(22)39)26(37)17-41-21-6-8-24(30)23(29)14-21/h5-8,13-14,16,19H,3-4,9-12,15,17H2,1-2H3,(H,31,38)(H,32,39)/t19-/m1/s1. The summed E-state index contributed by atoms with van der Waals surface area (Å²) >= 11 is 5.81. The summed E-state index contributed by atoms with van der Waals surface area (Å²) in [5.41, 5.74) is 1.86. The van der Waals surface area contributed by atoms with Gasteiger partial charge in [-0.05, 0) is 50.1 Å². The van der Waals surface area contributed by atoms with Crippen LogP contribution >= 0.6 is 11.6 Å². The van der Waals surface area contributed by atoms with Gasteiger partial charge in [-0.25, -0.2) is 4.39 Å². The zero-order valence-corrected chi connectivity index (χ0v) is 23.6. The number of hydrogen-bond acceptors (Lipinski definition) is 7. The molecule has 13 heteroatoms. The van der Waals surface area contributed by atoms with Crippen LogP contribution in [0.3, 0.4) is 0 Å². The first-order valence-electron chi connectivity index (χ1n) is 13.3. The largest absolute Gasteiger partial charge is 0.493 e. The number of hydrogen-bond donors (Lipinski definition) is 2. The lowest BCUT2D eigenvalue weighted by Crippen LogP contribution is -2.45. The minimum atomic E-state index is -0.790. The lowest BCUT2D eigenvalue weighted by molar-refractivity contribution is -0.134. The maximum Gasteiger partial charge on any atom is 0.260 e. The zero-order valence-electron chi connectivity index (χ0n) is 22.9. The quantitative estimate of drug-likeness (QED) is 0.483. The molecule has 1 aliphatic rings. The molecule has 0 radical (unpaired) electrons. The van der Waals surface area contributed by atoms with Crippen molar-refractivity contribution in [1.82, 2.24) is 30.5 Å². The first kappa shape index (κ1) is 29.8. The van der Waals surface area contributed by atoms with Crippen LogP contribution in [0.15, 0.2) is 42.6 Å². The van der Waals surface area contributed by atoms with Gasteiger partial charge in [0.15, 0.2) is 6.61 Å². The second kappa shape index (κ2) is 13.9. The Morgan fingerprint density at radius 2 is 2.02 bits per heavy atom. The van der Waals surface area contributed by atoms with Crippen molar-refractivity contribution in [3.63, 3.8) is 0 Å². The van der Waals surface area contributed by atoms with Crippen LogP contribution in [0.25, 0.3) is 0 Å². The number of fused-ring (bicyclic) bond motifs is 3. The summed E-state index contributed by atoms with van der Waals surface area (Å²) in [5, 5.41) is 13.8. The second-order valence-corrected chi connectivity index (χ2v) is 10.1. The third-order valence-corrected chi connectivity index (χ3v) is 6.65. The molecule has 0 unspecified atom stereocenters. The third kappa shape index (κ3) is 8.40. The van der Waals surface area contributed by atoms with Gasteiger partial charge in [0.1, 0.15) is 29.1 Å².